The van der Waals surface area contributed by atoms with Gasteiger partial charge in [-0.3, -0.25) is 14.4 Å². The molecule has 0 aromatic carbocycles. The van der Waals surface area contributed by atoms with E-state index in [0.717, 1.165) is 122 Å². The quantitative estimate of drug-likeness (QED) is 0.0261. The maximum atomic E-state index is 12.9. The number of hydrogen-bond donors (Lipinski definition) is 0. The normalized spacial score (nSPS) is 12.7. The van der Waals surface area contributed by atoms with E-state index >= 15 is 0 Å². The van der Waals surface area contributed by atoms with Crippen LogP contribution in [-0.2, 0) is 28.6 Å². The molecule has 0 amide bonds. The fourth-order valence-corrected chi connectivity index (χ4v) is 10.1. The van der Waals surface area contributed by atoms with E-state index in [9.17, 15) is 14.4 Å². The third-order valence-electron chi connectivity index (χ3n) is 15.4. The van der Waals surface area contributed by atoms with Gasteiger partial charge in [-0.25, -0.2) is 0 Å². The van der Waals surface area contributed by atoms with Gasteiger partial charge < -0.3 is 14.2 Å². The Morgan fingerprint density at radius 3 is 0.744 bits per heavy atom. The molecule has 0 aliphatic carbocycles. The summed E-state index contributed by atoms with van der Waals surface area (Å²) in [5, 5.41) is 0. The Morgan fingerprint density at radius 1 is 0.256 bits per heavy atom. The topological polar surface area (TPSA) is 78.9 Å². The summed E-state index contributed by atoms with van der Waals surface area (Å²) >= 11 is 0. The van der Waals surface area contributed by atoms with Crippen molar-refractivity contribution in [1.29, 1.82) is 0 Å². The molecular formula is C76H132O6. The Bertz CT molecular complexity index is 1590. The highest BCUT2D eigenvalue weighted by Gasteiger charge is 2.19. The highest BCUT2D eigenvalue weighted by molar-refractivity contribution is 5.71. The summed E-state index contributed by atoms with van der Waals surface area (Å²) in [5.74, 6) is -0.893. The second-order valence-corrected chi connectivity index (χ2v) is 23.4. The second-order valence-electron chi connectivity index (χ2n) is 23.4. The van der Waals surface area contributed by atoms with Gasteiger partial charge in [0.25, 0.3) is 0 Å². The van der Waals surface area contributed by atoms with Gasteiger partial charge in [0.15, 0.2) is 6.10 Å². The SMILES string of the molecule is CC/C=C\C/C=C\C/C=C\C/C=C\C/C=C\C/C=C\C/C=C\C/C=C\CCCCCCC(=O)OCC(COC(=O)CCCCCCCCCCCC)OC(=O)CCCCCCCCCCCCCCCCCCCCCCCCCCC. The number of carbonyl (C=O) groups excluding carboxylic acids is 3. The molecule has 0 aromatic heterocycles. The third-order valence-corrected chi connectivity index (χ3v) is 15.4. The van der Waals surface area contributed by atoms with Crippen LogP contribution in [0.1, 0.15) is 348 Å². The highest BCUT2D eigenvalue weighted by Crippen LogP contribution is 2.18. The molecule has 0 aliphatic heterocycles. The lowest BCUT2D eigenvalue weighted by Gasteiger charge is -2.18. The maximum absolute atomic E-state index is 12.9. The number of hydrogen-bond acceptors (Lipinski definition) is 6. The van der Waals surface area contributed by atoms with E-state index < -0.39 is 6.10 Å². The molecule has 0 saturated carbocycles. The van der Waals surface area contributed by atoms with Crippen molar-refractivity contribution < 1.29 is 28.6 Å². The minimum atomic E-state index is -0.786. The van der Waals surface area contributed by atoms with Crippen molar-refractivity contribution >= 4 is 17.9 Å². The molecule has 0 bridgehead atoms. The molecule has 0 saturated heterocycles. The Balaban J connectivity index is 4.25. The van der Waals surface area contributed by atoms with Gasteiger partial charge in [0.05, 0.1) is 0 Å². The molecular weight excluding hydrogens is 1010 g/mol. The lowest BCUT2D eigenvalue weighted by molar-refractivity contribution is -0.167. The van der Waals surface area contributed by atoms with Gasteiger partial charge in [-0.2, -0.15) is 0 Å². The second kappa shape index (κ2) is 69.8. The van der Waals surface area contributed by atoms with Crippen molar-refractivity contribution in [1.82, 2.24) is 0 Å². The zero-order valence-electron chi connectivity index (χ0n) is 54.2. The lowest BCUT2D eigenvalue weighted by atomic mass is 10.0. The van der Waals surface area contributed by atoms with Crippen LogP contribution in [0.4, 0.5) is 0 Å². The highest BCUT2D eigenvalue weighted by atomic mass is 16.6. The van der Waals surface area contributed by atoms with Gasteiger partial charge >= 0.3 is 17.9 Å². The molecule has 6 heteroatoms. The fourth-order valence-electron chi connectivity index (χ4n) is 10.1. The molecule has 0 aliphatic rings. The maximum Gasteiger partial charge on any atom is 0.306 e. The first kappa shape index (κ1) is 78.3. The molecule has 1 atom stereocenters. The van der Waals surface area contributed by atoms with Crippen LogP contribution in [0.2, 0.25) is 0 Å². The standard InChI is InChI=1S/C76H132O6/c1-4-7-10-13-16-19-22-24-26-28-30-32-34-36-37-38-39-41-42-44-46-48-50-52-54-57-60-63-66-69-75(78)81-72-73(71-80-74(77)68-65-62-59-56-21-18-15-12-9-6-3)82-76(79)70-67-64-61-58-55-53-51-49-47-45-43-40-35-33-31-29-27-25-23-20-17-14-11-8-5-2/h7,10,16,19,24,26,30,32,36-37,39,41,44,46,50,52,73H,4-6,8-9,11-15,17-18,20-23,25,27-29,31,33-35,38,40,42-43,45,47-49,51,53-72H2,1-3H3/b10-7-,19-16-,26-24-,32-30-,37-36-,41-39-,46-44-,52-50-. The van der Waals surface area contributed by atoms with Gasteiger partial charge in [-0.05, 0) is 83.5 Å². The molecule has 0 aromatic rings. The smallest absolute Gasteiger partial charge is 0.306 e. The molecule has 6 nitrogen and oxygen atoms in total. The van der Waals surface area contributed by atoms with Crippen molar-refractivity contribution in [3.05, 3.63) is 97.2 Å². The summed E-state index contributed by atoms with van der Waals surface area (Å²) in [6.07, 6.45) is 94.4. The van der Waals surface area contributed by atoms with Gasteiger partial charge in [0.2, 0.25) is 0 Å². The van der Waals surface area contributed by atoms with Crippen LogP contribution in [0.15, 0.2) is 97.2 Å². The zero-order valence-corrected chi connectivity index (χ0v) is 54.2. The predicted octanol–water partition coefficient (Wildman–Crippen LogP) is 24.4. The number of carbonyl (C=O) groups is 3. The number of allylic oxidation sites excluding steroid dienone is 16. The monoisotopic (exact) mass is 1140 g/mol. The first-order chi connectivity index (χ1) is 40.5. The number of esters is 3. The largest absolute Gasteiger partial charge is 0.462 e. The van der Waals surface area contributed by atoms with Crippen molar-refractivity contribution in [2.45, 2.75) is 354 Å². The number of ether oxygens (including phenoxy) is 3. The summed E-state index contributed by atoms with van der Waals surface area (Å²) in [4.78, 5) is 38.3. The van der Waals surface area contributed by atoms with Crippen LogP contribution in [0.5, 0.6) is 0 Å². The van der Waals surface area contributed by atoms with Gasteiger partial charge in [0, 0.05) is 19.3 Å². The Hall–Kier alpha value is -3.67. The molecule has 0 radical (unpaired) electrons. The molecule has 1 unspecified atom stereocenters. The molecule has 0 heterocycles. The summed E-state index contributed by atoms with van der Waals surface area (Å²) in [7, 11) is 0. The average Bonchev–Trinajstić information content (AvgIpc) is 3.48. The van der Waals surface area contributed by atoms with Crippen molar-refractivity contribution in [3.63, 3.8) is 0 Å². The van der Waals surface area contributed by atoms with E-state index in [2.05, 4.69) is 118 Å². The first-order valence-electron chi connectivity index (χ1n) is 35.2. The van der Waals surface area contributed by atoms with E-state index in [1.807, 2.05) is 0 Å². The van der Waals surface area contributed by atoms with Crippen LogP contribution < -0.4 is 0 Å². The van der Waals surface area contributed by atoms with Crippen LogP contribution >= 0.6 is 0 Å². The first-order valence-corrected chi connectivity index (χ1v) is 35.2. The Labute approximate surface area is 508 Å². The minimum absolute atomic E-state index is 0.0815. The van der Waals surface area contributed by atoms with E-state index in [0.29, 0.717) is 19.3 Å². The van der Waals surface area contributed by atoms with Crippen molar-refractivity contribution in [3.8, 4) is 0 Å². The van der Waals surface area contributed by atoms with E-state index in [1.165, 1.54) is 186 Å². The average molecular weight is 1140 g/mol. The van der Waals surface area contributed by atoms with Crippen molar-refractivity contribution in [2.75, 3.05) is 13.2 Å². The predicted molar refractivity (Wildman–Crippen MR) is 357 cm³/mol. The van der Waals surface area contributed by atoms with Gasteiger partial charge in [-0.1, -0.05) is 343 Å². The van der Waals surface area contributed by atoms with Crippen LogP contribution in [0.25, 0.3) is 0 Å². The number of unbranched alkanes of at least 4 members (excludes halogenated alkanes) is 37. The van der Waals surface area contributed by atoms with Gasteiger partial charge in [0.1, 0.15) is 13.2 Å². The fraction of sp³-hybridized carbons (Fsp3) is 0.750. The summed E-state index contributed by atoms with van der Waals surface area (Å²) in [6.45, 7) is 6.54. The molecule has 0 rings (SSSR count). The molecule has 472 valence electrons. The summed E-state index contributed by atoms with van der Waals surface area (Å²) < 4.78 is 16.9. The van der Waals surface area contributed by atoms with Crippen LogP contribution in [0.3, 0.4) is 0 Å². The Kier molecular flexibility index (Phi) is 66.7. The van der Waals surface area contributed by atoms with E-state index in [-0.39, 0.29) is 31.1 Å². The van der Waals surface area contributed by atoms with Crippen LogP contribution in [-0.4, -0.2) is 37.2 Å². The zero-order chi connectivity index (χ0) is 59.2. The molecule has 82 heavy (non-hydrogen) atoms. The van der Waals surface area contributed by atoms with Crippen LogP contribution in [0, 0.1) is 0 Å². The minimum Gasteiger partial charge on any atom is -0.462 e. The van der Waals surface area contributed by atoms with E-state index in [1.54, 1.807) is 0 Å². The lowest BCUT2D eigenvalue weighted by Crippen LogP contribution is -2.30. The Morgan fingerprint density at radius 2 is 0.476 bits per heavy atom. The van der Waals surface area contributed by atoms with Crippen molar-refractivity contribution in [2.24, 2.45) is 0 Å². The third kappa shape index (κ3) is 67.1. The van der Waals surface area contributed by atoms with E-state index in [4.69, 9.17) is 14.2 Å². The van der Waals surface area contributed by atoms with Gasteiger partial charge in [-0.15, -0.1) is 0 Å². The summed E-state index contributed by atoms with van der Waals surface area (Å²) in [5.41, 5.74) is 0. The molecule has 0 spiro atoms. The summed E-state index contributed by atoms with van der Waals surface area (Å²) in [6, 6.07) is 0. The number of rotatable bonds is 64. The molecule has 0 N–H and O–H groups in total. The molecule has 0 fully saturated rings.